The molecule has 8 nitrogen and oxygen atoms in total. The minimum atomic E-state index is -4.75. The average molecular weight is 609 g/mol. The van der Waals surface area contributed by atoms with Gasteiger partial charge in [0.2, 0.25) is 0 Å². The van der Waals surface area contributed by atoms with E-state index in [2.05, 4.69) is 0 Å². The Morgan fingerprint density at radius 2 is 1.86 bits per heavy atom. The van der Waals surface area contributed by atoms with Gasteiger partial charge in [-0.15, -0.1) is 0 Å². The van der Waals surface area contributed by atoms with Crippen LogP contribution in [0.5, 0.6) is 11.5 Å². The standard InChI is InChI=1S/C29H28F4N2O6S/c1-40-26-7-3-6-23(30)28(26)18-12-13-34(16-18)20-8-10-25-24(15-20)35(17-21(41-25)9-11-27(36)37)42(38,39)22-5-2-4-19(14-22)29(31,32)33/h2-8,10,14-15,18,21H,9,11-13,16-17H2,1H3,(H,36,37). The molecule has 3 aromatic carbocycles. The second-order valence-electron chi connectivity index (χ2n) is 10.2. The summed E-state index contributed by atoms with van der Waals surface area (Å²) in [6, 6.07) is 13.0. The molecule has 2 unspecified atom stereocenters. The Balaban J connectivity index is 1.50. The van der Waals surface area contributed by atoms with Crippen LogP contribution < -0.4 is 18.7 Å². The van der Waals surface area contributed by atoms with E-state index in [4.69, 9.17) is 14.6 Å². The van der Waals surface area contributed by atoms with Crippen molar-refractivity contribution in [1.29, 1.82) is 0 Å². The molecule has 13 heteroatoms. The van der Waals surface area contributed by atoms with E-state index < -0.39 is 38.7 Å². The van der Waals surface area contributed by atoms with E-state index in [1.54, 1.807) is 30.3 Å². The maximum atomic E-state index is 14.7. The molecule has 0 radical (unpaired) electrons. The first kappa shape index (κ1) is 29.5. The molecule has 0 aromatic heterocycles. The number of methoxy groups -OCH3 is 1. The van der Waals surface area contributed by atoms with Gasteiger partial charge in [-0.1, -0.05) is 12.1 Å². The van der Waals surface area contributed by atoms with Gasteiger partial charge in [-0.25, -0.2) is 12.8 Å². The molecule has 0 spiro atoms. The molecule has 2 aliphatic heterocycles. The molecule has 1 saturated heterocycles. The Kier molecular flexibility index (Phi) is 7.97. The number of carboxylic acids is 1. The average Bonchev–Trinajstić information content (AvgIpc) is 3.44. The Morgan fingerprint density at radius 3 is 2.57 bits per heavy atom. The van der Waals surface area contributed by atoms with Crippen molar-refractivity contribution < 1.29 is 45.4 Å². The third-order valence-corrected chi connectivity index (χ3v) is 9.27. The van der Waals surface area contributed by atoms with Crippen LogP contribution in [0.25, 0.3) is 0 Å². The number of aliphatic carboxylic acids is 1. The summed E-state index contributed by atoms with van der Waals surface area (Å²) in [6.45, 7) is 0.652. The highest BCUT2D eigenvalue weighted by atomic mass is 32.2. The van der Waals surface area contributed by atoms with Crippen molar-refractivity contribution in [3.05, 3.63) is 77.6 Å². The van der Waals surface area contributed by atoms with Gasteiger partial charge in [-0.05, 0) is 61.4 Å². The maximum absolute atomic E-state index is 14.7. The molecule has 1 N–H and O–H groups in total. The van der Waals surface area contributed by atoms with Gasteiger partial charge in [0.25, 0.3) is 10.0 Å². The lowest BCUT2D eigenvalue weighted by Crippen LogP contribution is -2.43. The molecule has 0 bridgehead atoms. The number of nitrogens with zero attached hydrogens (tertiary/aromatic N) is 2. The van der Waals surface area contributed by atoms with E-state index in [1.165, 1.54) is 13.2 Å². The first-order valence-corrected chi connectivity index (χ1v) is 14.6. The number of carboxylic acid groups (broad SMARTS) is 1. The quantitative estimate of drug-likeness (QED) is 0.330. The molecule has 3 aromatic rings. The second kappa shape index (κ2) is 11.3. The number of benzene rings is 3. The van der Waals surface area contributed by atoms with Crippen LogP contribution in [0.15, 0.2) is 65.6 Å². The highest BCUT2D eigenvalue weighted by molar-refractivity contribution is 7.92. The van der Waals surface area contributed by atoms with Gasteiger partial charge < -0.3 is 19.5 Å². The maximum Gasteiger partial charge on any atom is 0.416 e. The van der Waals surface area contributed by atoms with Gasteiger partial charge in [0.15, 0.2) is 0 Å². The lowest BCUT2D eigenvalue weighted by molar-refractivity contribution is -0.138. The first-order chi connectivity index (χ1) is 19.9. The molecule has 0 saturated carbocycles. The fourth-order valence-corrected chi connectivity index (χ4v) is 6.99. The van der Waals surface area contributed by atoms with Gasteiger partial charge in [0.05, 0.1) is 29.8 Å². The summed E-state index contributed by atoms with van der Waals surface area (Å²) >= 11 is 0. The van der Waals surface area contributed by atoms with Crippen LogP contribution in [0.3, 0.4) is 0 Å². The zero-order valence-corrected chi connectivity index (χ0v) is 23.3. The SMILES string of the molecule is COc1cccc(F)c1C1CCN(c2ccc3c(c2)N(S(=O)(=O)c2cccc(C(F)(F)F)c2)CC(CCC(=O)O)O3)C1. The van der Waals surface area contributed by atoms with Crippen LogP contribution in [0, 0.1) is 5.82 Å². The smallest absolute Gasteiger partial charge is 0.416 e. The van der Waals surface area contributed by atoms with Gasteiger partial charge in [-0.2, -0.15) is 13.2 Å². The van der Waals surface area contributed by atoms with Crippen molar-refractivity contribution in [2.75, 3.05) is 35.9 Å². The Hall–Kier alpha value is -4.00. The summed E-state index contributed by atoms with van der Waals surface area (Å²) in [6.07, 6.45) is -5.29. The second-order valence-corrected chi connectivity index (χ2v) is 12.0. The fraction of sp³-hybridized carbons (Fsp3) is 0.345. The molecule has 5 rings (SSSR count). The van der Waals surface area contributed by atoms with Crippen molar-refractivity contribution in [2.24, 2.45) is 0 Å². The van der Waals surface area contributed by atoms with Gasteiger partial charge in [0.1, 0.15) is 23.4 Å². The Bertz CT molecular complexity index is 1600. The van der Waals surface area contributed by atoms with Crippen molar-refractivity contribution in [2.45, 2.75) is 42.4 Å². The molecule has 0 amide bonds. The molecule has 2 heterocycles. The minimum Gasteiger partial charge on any atom is -0.496 e. The lowest BCUT2D eigenvalue weighted by Gasteiger charge is -2.36. The third kappa shape index (κ3) is 5.83. The number of anilines is 2. The van der Waals surface area contributed by atoms with Crippen LogP contribution in [0.4, 0.5) is 28.9 Å². The number of carbonyl (C=O) groups is 1. The first-order valence-electron chi connectivity index (χ1n) is 13.2. The molecule has 2 atom stereocenters. The molecule has 42 heavy (non-hydrogen) atoms. The topological polar surface area (TPSA) is 96.4 Å². The predicted octanol–water partition coefficient (Wildman–Crippen LogP) is 5.67. The lowest BCUT2D eigenvalue weighted by atomic mass is 9.97. The number of alkyl halides is 3. The fourth-order valence-electron chi connectivity index (χ4n) is 5.44. The summed E-state index contributed by atoms with van der Waals surface area (Å²) in [7, 11) is -3.05. The largest absolute Gasteiger partial charge is 0.496 e. The monoisotopic (exact) mass is 608 g/mol. The van der Waals surface area contributed by atoms with Crippen LogP contribution >= 0.6 is 0 Å². The summed E-state index contributed by atoms with van der Waals surface area (Å²) < 4.78 is 94.9. The zero-order chi connectivity index (χ0) is 30.2. The summed E-state index contributed by atoms with van der Waals surface area (Å²) in [5, 5.41) is 9.13. The molecule has 2 aliphatic rings. The van der Waals surface area contributed by atoms with Crippen molar-refractivity contribution in [1.82, 2.24) is 0 Å². The van der Waals surface area contributed by atoms with Crippen LogP contribution in [-0.2, 0) is 21.0 Å². The number of halogens is 4. The summed E-state index contributed by atoms with van der Waals surface area (Å²) in [4.78, 5) is 12.6. The number of fused-ring (bicyclic) bond motifs is 1. The number of hydrogen-bond donors (Lipinski definition) is 1. The zero-order valence-electron chi connectivity index (χ0n) is 22.5. The molecular weight excluding hydrogens is 580 g/mol. The number of ether oxygens (including phenoxy) is 2. The molecular formula is C29H28F4N2O6S. The van der Waals surface area contributed by atoms with Gasteiger partial charge >= 0.3 is 12.1 Å². The van der Waals surface area contributed by atoms with Crippen LogP contribution in [-0.4, -0.2) is 52.3 Å². The molecule has 224 valence electrons. The van der Waals surface area contributed by atoms with E-state index >= 15 is 0 Å². The van der Waals surface area contributed by atoms with Crippen molar-refractivity contribution in [3.8, 4) is 11.5 Å². The predicted molar refractivity (Wildman–Crippen MR) is 146 cm³/mol. The highest BCUT2D eigenvalue weighted by Gasteiger charge is 2.38. The van der Waals surface area contributed by atoms with Gasteiger partial charge in [-0.3, -0.25) is 9.10 Å². The Morgan fingerprint density at radius 1 is 1.10 bits per heavy atom. The van der Waals surface area contributed by atoms with Crippen LogP contribution in [0.1, 0.15) is 36.3 Å². The number of sulfonamides is 1. The third-order valence-electron chi connectivity index (χ3n) is 7.50. The normalized spacial score (nSPS) is 18.9. The van der Waals surface area contributed by atoms with E-state index in [0.717, 1.165) is 22.5 Å². The Labute approximate surface area is 240 Å². The number of hydrogen-bond acceptors (Lipinski definition) is 6. The van der Waals surface area contributed by atoms with Crippen LogP contribution in [0.2, 0.25) is 0 Å². The van der Waals surface area contributed by atoms with Gasteiger partial charge in [0, 0.05) is 36.7 Å². The van der Waals surface area contributed by atoms with E-state index in [9.17, 15) is 30.8 Å². The van der Waals surface area contributed by atoms with E-state index in [1.807, 2.05) is 4.90 Å². The van der Waals surface area contributed by atoms with E-state index in [0.29, 0.717) is 42.6 Å². The summed E-state index contributed by atoms with van der Waals surface area (Å²) in [5.41, 5.74) is 0.0746. The summed E-state index contributed by atoms with van der Waals surface area (Å²) in [5.74, 6) is -1.08. The molecule has 0 aliphatic carbocycles. The van der Waals surface area contributed by atoms with Crippen molar-refractivity contribution >= 4 is 27.4 Å². The van der Waals surface area contributed by atoms with Crippen molar-refractivity contribution in [3.63, 3.8) is 0 Å². The molecule has 1 fully saturated rings. The minimum absolute atomic E-state index is 0.0105. The highest BCUT2D eigenvalue weighted by Crippen LogP contribution is 2.43. The van der Waals surface area contributed by atoms with E-state index in [-0.39, 0.29) is 42.6 Å². The number of rotatable bonds is 8.